The maximum atomic E-state index is 11.1. The molecule has 0 amide bonds. The fourth-order valence-electron chi connectivity index (χ4n) is 2.80. The topological polar surface area (TPSA) is 40.5 Å². The molecule has 1 saturated heterocycles. The molecule has 17 heavy (non-hydrogen) atoms. The maximum Gasteiger partial charge on any atom is 0.336 e. The smallest absolute Gasteiger partial charge is 0.336 e. The summed E-state index contributed by atoms with van der Waals surface area (Å²) >= 11 is 0. The Hall–Kier alpha value is -1.51. The van der Waals surface area contributed by atoms with Crippen LogP contribution in [0.25, 0.3) is 0 Å². The van der Waals surface area contributed by atoms with Gasteiger partial charge in [-0.2, -0.15) is 0 Å². The number of anilines is 1. The van der Waals surface area contributed by atoms with Crippen LogP contribution in [0.5, 0.6) is 0 Å². The molecule has 1 aromatic carbocycles. The van der Waals surface area contributed by atoms with Crippen molar-refractivity contribution in [3.63, 3.8) is 0 Å². The summed E-state index contributed by atoms with van der Waals surface area (Å²) in [5, 5.41) is 9.15. The van der Waals surface area contributed by atoms with Crippen molar-refractivity contribution in [1.82, 2.24) is 0 Å². The van der Waals surface area contributed by atoms with Crippen LogP contribution < -0.4 is 4.90 Å². The maximum absolute atomic E-state index is 11.1. The molecular weight excluding hydrogens is 214 g/mol. The SMILES string of the molecule is Cc1c(C(=O)O)cccc1N1[C@@H](C)CC[C@@H]1C. The lowest BCUT2D eigenvalue weighted by molar-refractivity contribution is 0.0696. The number of carbonyl (C=O) groups is 1. The number of carboxylic acids is 1. The van der Waals surface area contributed by atoms with Gasteiger partial charge in [-0.25, -0.2) is 4.79 Å². The first-order valence-electron chi connectivity index (χ1n) is 6.13. The summed E-state index contributed by atoms with van der Waals surface area (Å²) in [4.78, 5) is 13.5. The van der Waals surface area contributed by atoms with E-state index < -0.39 is 5.97 Å². The van der Waals surface area contributed by atoms with Gasteiger partial charge in [0.05, 0.1) is 5.56 Å². The molecule has 0 aliphatic carbocycles. The molecular formula is C14H19NO2. The van der Waals surface area contributed by atoms with Crippen molar-refractivity contribution >= 4 is 11.7 Å². The molecule has 1 aliphatic rings. The van der Waals surface area contributed by atoms with Crippen molar-refractivity contribution in [2.45, 2.75) is 45.7 Å². The second-order valence-electron chi connectivity index (χ2n) is 4.94. The van der Waals surface area contributed by atoms with Crippen molar-refractivity contribution in [2.24, 2.45) is 0 Å². The van der Waals surface area contributed by atoms with Gasteiger partial charge in [-0.05, 0) is 51.3 Å². The Bertz CT molecular complexity index is 432. The summed E-state index contributed by atoms with van der Waals surface area (Å²) < 4.78 is 0. The van der Waals surface area contributed by atoms with Crippen LogP contribution in [0.3, 0.4) is 0 Å². The van der Waals surface area contributed by atoms with Gasteiger partial charge in [-0.3, -0.25) is 0 Å². The van der Waals surface area contributed by atoms with E-state index in [0.29, 0.717) is 17.6 Å². The van der Waals surface area contributed by atoms with Gasteiger partial charge in [0.1, 0.15) is 0 Å². The average Bonchev–Trinajstić information content (AvgIpc) is 2.59. The van der Waals surface area contributed by atoms with Gasteiger partial charge < -0.3 is 10.0 Å². The molecule has 0 saturated carbocycles. The van der Waals surface area contributed by atoms with Crippen LogP contribution in [-0.2, 0) is 0 Å². The molecule has 92 valence electrons. The number of hydrogen-bond donors (Lipinski definition) is 1. The molecule has 0 aromatic heterocycles. The molecule has 3 heteroatoms. The Labute approximate surface area is 102 Å². The quantitative estimate of drug-likeness (QED) is 0.853. The Morgan fingerprint density at radius 1 is 1.29 bits per heavy atom. The second-order valence-corrected chi connectivity index (χ2v) is 4.94. The van der Waals surface area contributed by atoms with E-state index in [-0.39, 0.29) is 0 Å². The van der Waals surface area contributed by atoms with Crippen molar-refractivity contribution < 1.29 is 9.90 Å². The molecule has 3 nitrogen and oxygen atoms in total. The molecule has 1 heterocycles. The van der Waals surface area contributed by atoms with Crippen LogP contribution in [0.15, 0.2) is 18.2 Å². The number of rotatable bonds is 2. The van der Waals surface area contributed by atoms with E-state index in [0.717, 1.165) is 11.3 Å². The van der Waals surface area contributed by atoms with Gasteiger partial charge in [0.2, 0.25) is 0 Å². The van der Waals surface area contributed by atoms with Gasteiger partial charge in [0.15, 0.2) is 0 Å². The first-order valence-corrected chi connectivity index (χ1v) is 6.13. The van der Waals surface area contributed by atoms with E-state index >= 15 is 0 Å². The van der Waals surface area contributed by atoms with Gasteiger partial charge >= 0.3 is 5.97 Å². The molecule has 0 bridgehead atoms. The van der Waals surface area contributed by atoms with E-state index in [4.69, 9.17) is 5.11 Å². The number of nitrogens with zero attached hydrogens (tertiary/aromatic N) is 1. The van der Waals surface area contributed by atoms with E-state index in [1.54, 1.807) is 6.07 Å². The van der Waals surface area contributed by atoms with Crippen LogP contribution in [0.1, 0.15) is 42.6 Å². The average molecular weight is 233 g/mol. The standard InChI is InChI=1S/C14H19NO2/c1-9-7-8-10(2)15(9)13-6-4-5-12(11(13)3)14(16)17/h4-6,9-10H,7-8H2,1-3H3,(H,16,17)/t9-,10-/m0/s1. The highest BCUT2D eigenvalue weighted by Gasteiger charge is 2.29. The predicted molar refractivity (Wildman–Crippen MR) is 68.8 cm³/mol. The molecule has 0 spiro atoms. The normalized spacial score (nSPS) is 24.1. The monoisotopic (exact) mass is 233 g/mol. The van der Waals surface area contributed by atoms with E-state index in [9.17, 15) is 4.79 Å². The summed E-state index contributed by atoms with van der Waals surface area (Å²) in [7, 11) is 0. The third-order valence-corrected chi connectivity index (χ3v) is 3.77. The van der Waals surface area contributed by atoms with Gasteiger partial charge in [-0.15, -0.1) is 0 Å². The van der Waals surface area contributed by atoms with Crippen molar-refractivity contribution in [3.05, 3.63) is 29.3 Å². The van der Waals surface area contributed by atoms with E-state index in [1.165, 1.54) is 12.8 Å². The highest BCUT2D eigenvalue weighted by Crippen LogP contribution is 2.33. The highest BCUT2D eigenvalue weighted by molar-refractivity contribution is 5.91. The second kappa shape index (κ2) is 4.40. The fraction of sp³-hybridized carbons (Fsp3) is 0.500. The summed E-state index contributed by atoms with van der Waals surface area (Å²) in [5.74, 6) is -0.844. The zero-order valence-corrected chi connectivity index (χ0v) is 10.6. The zero-order valence-electron chi connectivity index (χ0n) is 10.6. The summed E-state index contributed by atoms with van der Waals surface area (Å²) in [6.07, 6.45) is 2.36. The summed E-state index contributed by atoms with van der Waals surface area (Å²) in [6.45, 7) is 6.31. The van der Waals surface area contributed by atoms with Crippen molar-refractivity contribution in [2.75, 3.05) is 4.90 Å². The van der Waals surface area contributed by atoms with Crippen LogP contribution in [0, 0.1) is 6.92 Å². The van der Waals surface area contributed by atoms with Crippen molar-refractivity contribution in [3.8, 4) is 0 Å². The Morgan fingerprint density at radius 2 is 1.88 bits per heavy atom. The first-order chi connectivity index (χ1) is 8.02. The Morgan fingerprint density at radius 3 is 2.41 bits per heavy atom. The Kier molecular flexibility index (Phi) is 3.09. The van der Waals surface area contributed by atoms with Gasteiger partial charge in [-0.1, -0.05) is 6.07 Å². The molecule has 2 atom stereocenters. The zero-order chi connectivity index (χ0) is 12.6. The van der Waals surface area contributed by atoms with E-state index in [2.05, 4.69) is 18.7 Å². The first kappa shape index (κ1) is 12.0. The number of benzene rings is 1. The summed E-state index contributed by atoms with van der Waals surface area (Å²) in [6, 6.07) is 6.52. The third-order valence-electron chi connectivity index (χ3n) is 3.77. The Balaban J connectivity index is 2.45. The molecule has 1 aliphatic heterocycles. The van der Waals surface area contributed by atoms with E-state index in [1.807, 2.05) is 19.1 Å². The van der Waals surface area contributed by atoms with Gasteiger partial charge in [0, 0.05) is 17.8 Å². The number of carboxylic acid groups (broad SMARTS) is 1. The third kappa shape index (κ3) is 2.02. The van der Waals surface area contributed by atoms with Crippen LogP contribution in [0.4, 0.5) is 5.69 Å². The lowest BCUT2D eigenvalue weighted by atomic mass is 10.0. The van der Waals surface area contributed by atoms with Crippen molar-refractivity contribution in [1.29, 1.82) is 0 Å². The largest absolute Gasteiger partial charge is 0.478 e. The van der Waals surface area contributed by atoms with Crippen LogP contribution in [0.2, 0.25) is 0 Å². The number of aromatic carboxylic acids is 1. The van der Waals surface area contributed by atoms with Crippen LogP contribution in [-0.4, -0.2) is 23.2 Å². The minimum atomic E-state index is -0.844. The molecule has 1 fully saturated rings. The minimum absolute atomic E-state index is 0.411. The molecule has 0 unspecified atom stereocenters. The number of hydrogen-bond acceptors (Lipinski definition) is 2. The molecule has 1 N–H and O–H groups in total. The minimum Gasteiger partial charge on any atom is -0.478 e. The lowest BCUT2D eigenvalue weighted by Gasteiger charge is -2.30. The van der Waals surface area contributed by atoms with Crippen LogP contribution >= 0.6 is 0 Å². The molecule has 2 rings (SSSR count). The predicted octanol–water partition coefficient (Wildman–Crippen LogP) is 3.07. The molecule has 1 aromatic rings. The summed E-state index contributed by atoms with van der Waals surface area (Å²) in [5.41, 5.74) is 2.36. The highest BCUT2D eigenvalue weighted by atomic mass is 16.4. The molecule has 0 radical (unpaired) electrons. The fourth-order valence-corrected chi connectivity index (χ4v) is 2.80. The lowest BCUT2D eigenvalue weighted by Crippen LogP contribution is -2.33. The van der Waals surface area contributed by atoms with Gasteiger partial charge in [0.25, 0.3) is 0 Å².